The molecule has 1 saturated heterocycles. The molecule has 1 fully saturated rings. The average molecular weight is 264 g/mol. The van der Waals surface area contributed by atoms with E-state index >= 15 is 0 Å². The molecule has 1 aromatic rings. The van der Waals surface area contributed by atoms with E-state index in [1.807, 2.05) is 0 Å². The first-order chi connectivity index (χ1) is 8.99. The van der Waals surface area contributed by atoms with E-state index in [1.54, 1.807) is 0 Å². The Balaban J connectivity index is 1.84. The van der Waals surface area contributed by atoms with Crippen LogP contribution < -0.4 is 0 Å². The third-order valence-corrected chi connectivity index (χ3v) is 4.51. The lowest BCUT2D eigenvalue weighted by Gasteiger charge is -2.29. The topological polar surface area (TPSA) is 45.5 Å². The summed E-state index contributed by atoms with van der Waals surface area (Å²) in [6.07, 6.45) is 2.65. The number of carboxylic acids is 1. The van der Waals surface area contributed by atoms with E-state index in [-0.39, 0.29) is 5.92 Å². The van der Waals surface area contributed by atoms with Gasteiger partial charge < -0.3 is 14.6 Å². The van der Waals surface area contributed by atoms with Crippen LogP contribution in [-0.2, 0) is 18.3 Å². The molecular formula is C15H24N2O2. The Morgan fingerprint density at radius 1 is 1.37 bits per heavy atom. The first-order valence-corrected chi connectivity index (χ1v) is 7.06. The second-order valence-corrected chi connectivity index (χ2v) is 5.66. The highest BCUT2D eigenvalue weighted by Gasteiger charge is 2.24. The number of aromatic nitrogens is 1. The van der Waals surface area contributed by atoms with Gasteiger partial charge in [0, 0.05) is 25.0 Å². The Morgan fingerprint density at radius 3 is 2.47 bits per heavy atom. The molecule has 1 aromatic heterocycles. The third kappa shape index (κ3) is 3.18. The molecule has 1 aliphatic rings. The van der Waals surface area contributed by atoms with E-state index in [4.69, 9.17) is 5.11 Å². The number of piperidine rings is 1. The first kappa shape index (κ1) is 14.1. The van der Waals surface area contributed by atoms with Crippen molar-refractivity contribution in [3.8, 4) is 0 Å². The second kappa shape index (κ2) is 5.78. The van der Waals surface area contributed by atoms with Gasteiger partial charge in [0.2, 0.25) is 0 Å². The van der Waals surface area contributed by atoms with Crippen LogP contribution in [0.1, 0.15) is 29.8 Å². The Hall–Kier alpha value is -1.29. The van der Waals surface area contributed by atoms with Gasteiger partial charge >= 0.3 is 5.97 Å². The van der Waals surface area contributed by atoms with Crippen LogP contribution in [-0.4, -0.2) is 40.2 Å². The minimum absolute atomic E-state index is 0.128. The molecule has 106 valence electrons. The number of hydrogen-bond donors (Lipinski definition) is 1. The lowest BCUT2D eigenvalue weighted by Crippen LogP contribution is -2.37. The maximum Gasteiger partial charge on any atom is 0.306 e. The molecule has 1 aliphatic heterocycles. The number of hydrogen-bond acceptors (Lipinski definition) is 2. The number of aliphatic carboxylic acids is 1. The lowest BCUT2D eigenvalue weighted by molar-refractivity contribution is -0.143. The van der Waals surface area contributed by atoms with Gasteiger partial charge in [-0.2, -0.15) is 0 Å². The van der Waals surface area contributed by atoms with Crippen LogP contribution in [0.5, 0.6) is 0 Å². The summed E-state index contributed by atoms with van der Waals surface area (Å²) in [5.41, 5.74) is 4.07. The predicted octanol–water partition coefficient (Wildman–Crippen LogP) is 1.98. The minimum atomic E-state index is -0.630. The summed E-state index contributed by atoms with van der Waals surface area (Å²) in [4.78, 5) is 13.3. The standard InChI is InChI=1S/C15H24N2O2/c1-11-10-14(12(2)16(11)3)6-9-17-7-4-13(5-8-17)15(18)19/h10,13H,4-9H2,1-3H3,(H,18,19). The van der Waals surface area contributed by atoms with Crippen molar-refractivity contribution >= 4 is 5.97 Å². The molecule has 4 nitrogen and oxygen atoms in total. The van der Waals surface area contributed by atoms with Crippen LogP contribution in [0.3, 0.4) is 0 Å². The van der Waals surface area contributed by atoms with Crippen molar-refractivity contribution in [2.75, 3.05) is 19.6 Å². The molecule has 0 amide bonds. The van der Waals surface area contributed by atoms with Gasteiger partial charge in [-0.05, 0) is 57.8 Å². The summed E-state index contributed by atoms with van der Waals surface area (Å²) >= 11 is 0. The highest BCUT2D eigenvalue weighted by Crippen LogP contribution is 2.19. The van der Waals surface area contributed by atoms with Crippen LogP contribution in [0, 0.1) is 19.8 Å². The smallest absolute Gasteiger partial charge is 0.306 e. The fourth-order valence-electron chi connectivity index (χ4n) is 2.87. The van der Waals surface area contributed by atoms with Gasteiger partial charge in [-0.3, -0.25) is 4.79 Å². The lowest BCUT2D eigenvalue weighted by atomic mass is 9.97. The number of nitrogens with zero attached hydrogens (tertiary/aromatic N) is 2. The largest absolute Gasteiger partial charge is 0.481 e. The van der Waals surface area contributed by atoms with E-state index < -0.39 is 5.97 Å². The average Bonchev–Trinajstić information content (AvgIpc) is 2.64. The zero-order valence-corrected chi connectivity index (χ0v) is 12.1. The van der Waals surface area contributed by atoms with Crippen molar-refractivity contribution in [3.05, 3.63) is 23.0 Å². The van der Waals surface area contributed by atoms with E-state index in [0.29, 0.717) is 0 Å². The molecule has 1 N–H and O–H groups in total. The van der Waals surface area contributed by atoms with Gasteiger partial charge in [0.05, 0.1) is 5.92 Å². The van der Waals surface area contributed by atoms with Gasteiger partial charge in [-0.15, -0.1) is 0 Å². The summed E-state index contributed by atoms with van der Waals surface area (Å²) in [6, 6.07) is 2.26. The van der Waals surface area contributed by atoms with Crippen molar-refractivity contribution in [2.24, 2.45) is 13.0 Å². The van der Waals surface area contributed by atoms with Gasteiger partial charge in [-0.1, -0.05) is 0 Å². The van der Waals surface area contributed by atoms with Gasteiger partial charge in [0.1, 0.15) is 0 Å². The van der Waals surface area contributed by atoms with Gasteiger partial charge in [-0.25, -0.2) is 0 Å². The summed E-state index contributed by atoms with van der Waals surface area (Å²) in [5, 5.41) is 8.98. The van der Waals surface area contributed by atoms with E-state index in [2.05, 4.69) is 36.4 Å². The number of rotatable bonds is 4. The maximum atomic E-state index is 10.9. The Labute approximate surface area is 115 Å². The van der Waals surface area contributed by atoms with Crippen molar-refractivity contribution in [1.29, 1.82) is 0 Å². The summed E-state index contributed by atoms with van der Waals surface area (Å²) in [6.45, 7) is 7.17. The molecule has 0 bridgehead atoms. The molecule has 2 rings (SSSR count). The fourth-order valence-corrected chi connectivity index (χ4v) is 2.87. The Morgan fingerprint density at radius 2 is 2.00 bits per heavy atom. The van der Waals surface area contributed by atoms with Crippen LogP contribution in [0.2, 0.25) is 0 Å². The molecule has 0 radical (unpaired) electrons. The zero-order valence-electron chi connectivity index (χ0n) is 12.1. The van der Waals surface area contributed by atoms with Gasteiger partial charge in [0.25, 0.3) is 0 Å². The normalized spacial score (nSPS) is 17.8. The molecule has 2 heterocycles. The number of likely N-dealkylation sites (tertiary alicyclic amines) is 1. The highest BCUT2D eigenvalue weighted by molar-refractivity contribution is 5.70. The molecule has 0 spiro atoms. The van der Waals surface area contributed by atoms with Crippen molar-refractivity contribution in [1.82, 2.24) is 9.47 Å². The Bertz CT molecular complexity index is 457. The zero-order chi connectivity index (χ0) is 14.0. The Kier molecular flexibility index (Phi) is 4.30. The minimum Gasteiger partial charge on any atom is -0.481 e. The fraction of sp³-hybridized carbons (Fsp3) is 0.667. The summed E-state index contributed by atoms with van der Waals surface area (Å²) < 4.78 is 2.23. The van der Waals surface area contributed by atoms with Gasteiger partial charge in [0.15, 0.2) is 0 Å². The van der Waals surface area contributed by atoms with E-state index in [0.717, 1.165) is 38.9 Å². The first-order valence-electron chi connectivity index (χ1n) is 7.06. The number of carbonyl (C=O) groups is 1. The van der Waals surface area contributed by atoms with Crippen LogP contribution >= 0.6 is 0 Å². The molecule has 0 atom stereocenters. The van der Waals surface area contributed by atoms with Crippen molar-refractivity contribution in [2.45, 2.75) is 33.1 Å². The molecule has 0 unspecified atom stereocenters. The molecule has 4 heteroatoms. The van der Waals surface area contributed by atoms with E-state index in [1.165, 1.54) is 17.0 Å². The quantitative estimate of drug-likeness (QED) is 0.904. The maximum absolute atomic E-state index is 10.9. The van der Waals surface area contributed by atoms with Crippen LogP contribution in [0.4, 0.5) is 0 Å². The van der Waals surface area contributed by atoms with Crippen molar-refractivity contribution < 1.29 is 9.90 Å². The molecule has 0 aromatic carbocycles. The third-order valence-electron chi connectivity index (χ3n) is 4.51. The second-order valence-electron chi connectivity index (χ2n) is 5.66. The van der Waals surface area contributed by atoms with Crippen LogP contribution in [0.15, 0.2) is 6.07 Å². The molecule has 19 heavy (non-hydrogen) atoms. The van der Waals surface area contributed by atoms with Crippen molar-refractivity contribution in [3.63, 3.8) is 0 Å². The number of carboxylic acid groups (broad SMARTS) is 1. The van der Waals surface area contributed by atoms with Crippen LogP contribution in [0.25, 0.3) is 0 Å². The summed E-state index contributed by atoms with van der Waals surface area (Å²) in [5.74, 6) is -0.758. The molecule has 0 aliphatic carbocycles. The van der Waals surface area contributed by atoms with E-state index in [9.17, 15) is 4.79 Å². The predicted molar refractivity (Wildman–Crippen MR) is 75.4 cm³/mol. The highest BCUT2D eigenvalue weighted by atomic mass is 16.4. The monoisotopic (exact) mass is 264 g/mol. The molecular weight excluding hydrogens is 240 g/mol. The number of aryl methyl sites for hydroxylation is 1. The summed E-state index contributed by atoms with van der Waals surface area (Å²) in [7, 11) is 2.10. The SMILES string of the molecule is Cc1cc(CCN2CCC(C(=O)O)CC2)c(C)n1C. The molecule has 0 saturated carbocycles.